The van der Waals surface area contributed by atoms with E-state index >= 15 is 0 Å². The summed E-state index contributed by atoms with van der Waals surface area (Å²) in [5.74, 6) is 2.03. The van der Waals surface area contributed by atoms with E-state index in [1.165, 1.54) is 0 Å². The summed E-state index contributed by atoms with van der Waals surface area (Å²) in [6.45, 7) is 7.35. The minimum Gasteiger partial charge on any atom is -0.485 e. The lowest BCUT2D eigenvalue weighted by Gasteiger charge is -2.15. The Balaban J connectivity index is 2.12. The summed E-state index contributed by atoms with van der Waals surface area (Å²) < 4.78 is 7.73. The molecule has 0 saturated carbocycles. The van der Waals surface area contributed by atoms with Crippen LogP contribution in [0.1, 0.15) is 38.2 Å². The summed E-state index contributed by atoms with van der Waals surface area (Å²) >= 11 is 6.01. The molecule has 2 rings (SSSR count). The molecular formula is C15H21ClN4O. The van der Waals surface area contributed by atoms with E-state index in [4.69, 9.17) is 22.1 Å². The second kappa shape index (κ2) is 6.91. The zero-order valence-electron chi connectivity index (χ0n) is 12.6. The van der Waals surface area contributed by atoms with Gasteiger partial charge in [0, 0.05) is 23.2 Å². The third-order valence-corrected chi connectivity index (χ3v) is 3.29. The first-order valence-corrected chi connectivity index (χ1v) is 7.39. The van der Waals surface area contributed by atoms with Crippen molar-refractivity contribution in [3.05, 3.63) is 40.9 Å². The van der Waals surface area contributed by atoms with Gasteiger partial charge in [0.1, 0.15) is 18.7 Å². The fourth-order valence-electron chi connectivity index (χ4n) is 2.05. The number of benzene rings is 1. The van der Waals surface area contributed by atoms with E-state index in [9.17, 15) is 0 Å². The maximum Gasteiger partial charge on any atom is 0.164 e. The average Bonchev–Trinajstić information content (AvgIpc) is 2.83. The molecule has 1 aromatic heterocycles. The van der Waals surface area contributed by atoms with Crippen molar-refractivity contribution in [2.24, 2.45) is 11.7 Å². The molecule has 1 atom stereocenters. The largest absolute Gasteiger partial charge is 0.485 e. The van der Waals surface area contributed by atoms with Crippen LogP contribution < -0.4 is 10.5 Å². The average molecular weight is 309 g/mol. The van der Waals surface area contributed by atoms with Gasteiger partial charge in [-0.15, -0.1) is 0 Å². The van der Waals surface area contributed by atoms with Crippen molar-refractivity contribution in [3.63, 3.8) is 0 Å². The number of rotatable bonds is 6. The Morgan fingerprint density at radius 2 is 2.10 bits per heavy atom. The number of halogens is 1. The fraction of sp³-hybridized carbons (Fsp3) is 0.467. The minimum absolute atomic E-state index is 0.146. The van der Waals surface area contributed by atoms with Crippen LogP contribution in [0.2, 0.25) is 5.02 Å². The van der Waals surface area contributed by atoms with Crippen LogP contribution in [-0.4, -0.2) is 14.8 Å². The van der Waals surface area contributed by atoms with Gasteiger partial charge in [-0.2, -0.15) is 5.10 Å². The Labute approximate surface area is 130 Å². The number of hydrogen-bond donors (Lipinski definition) is 1. The second-order valence-electron chi connectivity index (χ2n) is 5.51. The van der Waals surface area contributed by atoms with Crippen molar-refractivity contribution < 1.29 is 4.74 Å². The van der Waals surface area contributed by atoms with E-state index in [-0.39, 0.29) is 6.04 Å². The number of nitrogens with two attached hydrogens (primary N) is 1. The Morgan fingerprint density at radius 1 is 1.33 bits per heavy atom. The van der Waals surface area contributed by atoms with Crippen molar-refractivity contribution in [3.8, 4) is 5.75 Å². The van der Waals surface area contributed by atoms with E-state index in [0.29, 0.717) is 17.5 Å². The molecule has 0 spiro atoms. The first-order chi connectivity index (χ1) is 9.97. The van der Waals surface area contributed by atoms with Crippen LogP contribution in [0.4, 0.5) is 0 Å². The van der Waals surface area contributed by atoms with E-state index in [1.54, 1.807) is 12.4 Å². The molecule has 114 valence electrons. The third kappa shape index (κ3) is 4.19. The monoisotopic (exact) mass is 308 g/mol. The molecule has 5 nitrogen and oxygen atoms in total. The SMILES string of the molecule is CC(C)Cn1ncnc1COc1ccc(Cl)cc1[C@@H](C)N. The molecule has 21 heavy (non-hydrogen) atoms. The predicted molar refractivity (Wildman–Crippen MR) is 83.2 cm³/mol. The second-order valence-corrected chi connectivity index (χ2v) is 5.95. The van der Waals surface area contributed by atoms with Gasteiger partial charge in [0.15, 0.2) is 5.82 Å². The van der Waals surface area contributed by atoms with Crippen LogP contribution in [0.15, 0.2) is 24.5 Å². The maximum absolute atomic E-state index is 6.01. The Hall–Kier alpha value is -1.59. The zero-order valence-corrected chi connectivity index (χ0v) is 13.3. The highest BCUT2D eigenvalue weighted by Crippen LogP contribution is 2.27. The third-order valence-electron chi connectivity index (χ3n) is 3.05. The Morgan fingerprint density at radius 3 is 2.76 bits per heavy atom. The lowest BCUT2D eigenvalue weighted by atomic mass is 10.1. The molecule has 0 aliphatic rings. The van der Waals surface area contributed by atoms with Crippen molar-refractivity contribution in [2.45, 2.75) is 40.0 Å². The summed E-state index contributed by atoms with van der Waals surface area (Å²) in [6.07, 6.45) is 1.55. The number of hydrogen-bond acceptors (Lipinski definition) is 4. The zero-order chi connectivity index (χ0) is 15.4. The number of nitrogens with zero attached hydrogens (tertiary/aromatic N) is 3. The molecule has 0 saturated heterocycles. The van der Waals surface area contributed by atoms with E-state index in [2.05, 4.69) is 23.9 Å². The standard InChI is InChI=1S/C15H21ClN4O/c1-10(2)7-20-15(18-9-19-20)8-21-14-5-4-12(16)6-13(14)11(3)17/h4-6,9-11H,7-8,17H2,1-3H3/t11-/m1/s1. The molecule has 0 bridgehead atoms. The van der Waals surface area contributed by atoms with Gasteiger partial charge in [0.25, 0.3) is 0 Å². The molecule has 2 aromatic rings. The quantitative estimate of drug-likeness (QED) is 0.890. The molecule has 0 aliphatic heterocycles. The Kier molecular flexibility index (Phi) is 5.20. The van der Waals surface area contributed by atoms with E-state index in [1.807, 2.05) is 23.7 Å². The van der Waals surface area contributed by atoms with Gasteiger partial charge in [0.2, 0.25) is 0 Å². The summed E-state index contributed by atoms with van der Waals surface area (Å²) in [5, 5.41) is 4.87. The highest BCUT2D eigenvalue weighted by molar-refractivity contribution is 6.30. The summed E-state index contributed by atoms with van der Waals surface area (Å²) in [5.41, 5.74) is 6.84. The first kappa shape index (κ1) is 15.8. The van der Waals surface area contributed by atoms with Gasteiger partial charge in [-0.1, -0.05) is 25.4 Å². The number of ether oxygens (including phenoxy) is 1. The van der Waals surface area contributed by atoms with Crippen LogP contribution in [-0.2, 0) is 13.2 Å². The normalized spacial score (nSPS) is 12.7. The highest BCUT2D eigenvalue weighted by atomic mass is 35.5. The topological polar surface area (TPSA) is 66.0 Å². The highest BCUT2D eigenvalue weighted by Gasteiger charge is 2.11. The molecule has 6 heteroatoms. The molecule has 1 aromatic carbocycles. The van der Waals surface area contributed by atoms with Gasteiger partial charge < -0.3 is 10.5 Å². The van der Waals surface area contributed by atoms with Crippen LogP contribution in [0.3, 0.4) is 0 Å². The van der Waals surface area contributed by atoms with Gasteiger partial charge in [-0.25, -0.2) is 9.67 Å². The van der Waals surface area contributed by atoms with E-state index < -0.39 is 0 Å². The van der Waals surface area contributed by atoms with E-state index in [0.717, 1.165) is 23.7 Å². The van der Waals surface area contributed by atoms with Crippen molar-refractivity contribution >= 4 is 11.6 Å². The maximum atomic E-state index is 6.01. The minimum atomic E-state index is -0.146. The van der Waals surface area contributed by atoms with Gasteiger partial charge in [-0.3, -0.25) is 0 Å². The van der Waals surface area contributed by atoms with Gasteiger partial charge in [0.05, 0.1) is 0 Å². The number of aromatic nitrogens is 3. The first-order valence-electron chi connectivity index (χ1n) is 7.02. The van der Waals surface area contributed by atoms with Gasteiger partial charge >= 0.3 is 0 Å². The van der Waals surface area contributed by atoms with Crippen LogP contribution in [0, 0.1) is 5.92 Å². The summed E-state index contributed by atoms with van der Waals surface area (Å²) in [7, 11) is 0. The van der Waals surface area contributed by atoms with Crippen molar-refractivity contribution in [1.82, 2.24) is 14.8 Å². The lowest BCUT2D eigenvalue weighted by Crippen LogP contribution is -2.13. The van der Waals surface area contributed by atoms with Crippen LogP contribution >= 0.6 is 11.6 Å². The Bertz CT molecular complexity index is 595. The van der Waals surface area contributed by atoms with Crippen LogP contribution in [0.25, 0.3) is 0 Å². The van der Waals surface area contributed by atoms with Crippen molar-refractivity contribution in [2.75, 3.05) is 0 Å². The predicted octanol–water partition coefficient (Wildman–Crippen LogP) is 3.19. The fourth-order valence-corrected chi connectivity index (χ4v) is 2.23. The lowest BCUT2D eigenvalue weighted by molar-refractivity contribution is 0.279. The van der Waals surface area contributed by atoms with Gasteiger partial charge in [-0.05, 0) is 31.0 Å². The summed E-state index contributed by atoms with van der Waals surface area (Å²) in [6, 6.07) is 5.32. The van der Waals surface area contributed by atoms with Crippen LogP contribution in [0.5, 0.6) is 5.75 Å². The van der Waals surface area contributed by atoms with Crippen molar-refractivity contribution in [1.29, 1.82) is 0 Å². The molecule has 0 radical (unpaired) electrons. The molecule has 2 N–H and O–H groups in total. The molecule has 0 unspecified atom stereocenters. The molecular weight excluding hydrogens is 288 g/mol. The molecule has 1 heterocycles. The smallest absolute Gasteiger partial charge is 0.164 e. The molecule has 0 aliphatic carbocycles. The summed E-state index contributed by atoms with van der Waals surface area (Å²) in [4.78, 5) is 4.25. The molecule has 0 amide bonds. The molecule has 0 fully saturated rings.